The summed E-state index contributed by atoms with van der Waals surface area (Å²) >= 11 is 1.56. The van der Waals surface area contributed by atoms with Crippen LogP contribution in [0.5, 0.6) is 0 Å². The maximum atomic E-state index is 4.72. The normalized spacial score (nSPS) is 11.7. The second kappa shape index (κ2) is 8.24. The number of aryl methyl sites for hydroxylation is 2. The largest absolute Gasteiger partial charge is 0.297 e. The molecule has 24 heavy (non-hydrogen) atoms. The minimum atomic E-state index is 0.784. The summed E-state index contributed by atoms with van der Waals surface area (Å²) in [6.07, 6.45) is 10.0. The molecule has 0 radical (unpaired) electrons. The van der Waals surface area contributed by atoms with Gasteiger partial charge < -0.3 is 0 Å². The second-order valence-electron chi connectivity index (χ2n) is 5.87. The van der Waals surface area contributed by atoms with Crippen LogP contribution in [0.15, 0.2) is 29.8 Å². The molecule has 0 atom stereocenters. The highest BCUT2D eigenvalue weighted by Crippen LogP contribution is 2.30. The molecule has 2 heterocycles. The molecule has 0 spiro atoms. The summed E-state index contributed by atoms with van der Waals surface area (Å²) in [6.45, 7) is 4.24. The summed E-state index contributed by atoms with van der Waals surface area (Å²) < 4.78 is 2.05. The van der Waals surface area contributed by atoms with Crippen LogP contribution < -0.4 is 9.47 Å². The lowest BCUT2D eigenvalue weighted by atomic mass is 9.99. The van der Waals surface area contributed by atoms with E-state index in [2.05, 4.69) is 53.5 Å². The Balaban J connectivity index is 2.72. The van der Waals surface area contributed by atoms with Gasteiger partial charge in [-0.25, -0.2) is 14.5 Å². The minimum absolute atomic E-state index is 0.784. The van der Waals surface area contributed by atoms with Gasteiger partial charge in [0.25, 0.3) is 0 Å². The van der Waals surface area contributed by atoms with Crippen molar-refractivity contribution < 1.29 is 4.57 Å². The van der Waals surface area contributed by atoms with Gasteiger partial charge in [-0.1, -0.05) is 31.2 Å². The van der Waals surface area contributed by atoms with Gasteiger partial charge in [0.05, 0.1) is 32.4 Å². The molecule has 2 rings (SSSR count). The van der Waals surface area contributed by atoms with Crippen molar-refractivity contribution in [2.24, 2.45) is 7.05 Å². The van der Waals surface area contributed by atoms with Gasteiger partial charge in [0.15, 0.2) is 5.16 Å². The van der Waals surface area contributed by atoms with Crippen molar-refractivity contribution in [2.45, 2.75) is 31.8 Å². The fraction of sp³-hybridized carbons (Fsp3) is 0.444. The van der Waals surface area contributed by atoms with Gasteiger partial charge in [0.2, 0.25) is 12.1 Å². The van der Waals surface area contributed by atoms with E-state index in [4.69, 9.17) is 4.98 Å². The Kier molecular flexibility index (Phi) is 6.31. The van der Waals surface area contributed by atoms with Crippen molar-refractivity contribution in [3.8, 4) is 0 Å². The molecule has 0 saturated carbocycles. The quantitative estimate of drug-likeness (QED) is 0.458. The summed E-state index contributed by atoms with van der Waals surface area (Å²) in [5, 5.41) is 0.784. The molecule has 0 aromatic carbocycles. The van der Waals surface area contributed by atoms with E-state index in [1.54, 1.807) is 11.8 Å². The zero-order chi connectivity index (χ0) is 17.7. The fourth-order valence-corrected chi connectivity index (χ4v) is 3.05. The molecule has 0 aliphatic rings. The van der Waals surface area contributed by atoms with Gasteiger partial charge in [0, 0.05) is 11.8 Å². The van der Waals surface area contributed by atoms with Crippen LogP contribution in [0.25, 0.3) is 5.57 Å². The number of rotatable bonds is 6. The first kappa shape index (κ1) is 18.4. The minimum Gasteiger partial charge on any atom is -0.297 e. The van der Waals surface area contributed by atoms with Crippen molar-refractivity contribution >= 4 is 23.2 Å². The summed E-state index contributed by atoms with van der Waals surface area (Å²) in [6, 6.07) is 1.98. The number of hydrogen-bond donors (Lipinski definition) is 0. The van der Waals surface area contributed by atoms with Crippen LogP contribution in [0.2, 0.25) is 0 Å². The van der Waals surface area contributed by atoms with Gasteiger partial charge in [0.1, 0.15) is 5.69 Å². The molecular formula is C18H26N5S+. The summed E-state index contributed by atoms with van der Waals surface area (Å²) in [5.41, 5.74) is 4.20. The Bertz CT molecular complexity index is 740. The molecule has 0 aliphatic carbocycles. The van der Waals surface area contributed by atoms with Crippen LogP contribution in [-0.4, -0.2) is 35.3 Å². The molecule has 5 nitrogen and oxygen atoms in total. The van der Waals surface area contributed by atoms with Crippen LogP contribution in [0, 0.1) is 6.92 Å². The highest BCUT2D eigenvalue weighted by molar-refractivity contribution is 7.98. The number of hydrogen-bond acceptors (Lipinski definition) is 5. The van der Waals surface area contributed by atoms with Crippen molar-refractivity contribution in [1.29, 1.82) is 0 Å². The Morgan fingerprint density at radius 3 is 2.71 bits per heavy atom. The van der Waals surface area contributed by atoms with E-state index in [1.165, 1.54) is 0 Å². The van der Waals surface area contributed by atoms with Crippen LogP contribution in [-0.2, 0) is 7.05 Å². The first-order valence-electron chi connectivity index (χ1n) is 8.10. The second-order valence-corrected chi connectivity index (χ2v) is 6.64. The fourth-order valence-electron chi connectivity index (χ4n) is 2.70. The average molecular weight is 345 g/mol. The third kappa shape index (κ3) is 3.93. The van der Waals surface area contributed by atoms with Crippen molar-refractivity contribution in [3.63, 3.8) is 0 Å². The molecule has 2 aromatic rings. The molecule has 0 aliphatic heterocycles. The molecule has 0 N–H and O–H groups in total. The van der Waals surface area contributed by atoms with E-state index in [-0.39, 0.29) is 0 Å². The van der Waals surface area contributed by atoms with Gasteiger partial charge in [-0.3, -0.25) is 4.90 Å². The van der Waals surface area contributed by atoms with E-state index in [9.17, 15) is 0 Å². The molecule has 128 valence electrons. The number of nitrogens with zero attached hydrogens (tertiary/aromatic N) is 5. The molecule has 0 bridgehead atoms. The number of anilines is 1. The predicted molar refractivity (Wildman–Crippen MR) is 100 cm³/mol. The number of allylic oxidation sites excluding steroid dienone is 1. The van der Waals surface area contributed by atoms with Crippen molar-refractivity contribution in [2.75, 3.05) is 25.3 Å². The molecule has 0 fully saturated rings. The lowest BCUT2D eigenvalue weighted by molar-refractivity contribution is -0.661. The Labute approximate surface area is 148 Å². The Hall–Kier alpha value is -1.95. The Morgan fingerprint density at radius 1 is 1.33 bits per heavy atom. The van der Waals surface area contributed by atoms with E-state index < -0.39 is 0 Å². The maximum absolute atomic E-state index is 4.72. The SMILES string of the molecule is CCCC=C(c1ccnc(SC)n1)c1c(C)nc[n+](C)c1N(C)C. The zero-order valence-electron chi connectivity index (χ0n) is 15.4. The van der Waals surface area contributed by atoms with E-state index in [1.807, 2.05) is 31.9 Å². The lowest BCUT2D eigenvalue weighted by Gasteiger charge is -2.18. The first-order valence-corrected chi connectivity index (χ1v) is 9.32. The van der Waals surface area contributed by atoms with Crippen LogP contribution in [0.1, 0.15) is 36.7 Å². The van der Waals surface area contributed by atoms with Gasteiger partial charge >= 0.3 is 0 Å². The van der Waals surface area contributed by atoms with Crippen molar-refractivity contribution in [3.05, 3.63) is 41.6 Å². The molecule has 2 aromatic heterocycles. The average Bonchev–Trinajstić information content (AvgIpc) is 2.58. The molecular weight excluding hydrogens is 318 g/mol. The molecule has 0 saturated heterocycles. The molecule has 6 heteroatoms. The third-order valence-corrected chi connectivity index (χ3v) is 4.33. The van der Waals surface area contributed by atoms with Gasteiger partial charge in [-0.2, -0.15) is 0 Å². The summed E-state index contributed by atoms with van der Waals surface area (Å²) in [5.74, 6) is 1.12. The summed E-state index contributed by atoms with van der Waals surface area (Å²) in [7, 11) is 6.14. The lowest BCUT2D eigenvalue weighted by Crippen LogP contribution is -2.38. The summed E-state index contributed by atoms with van der Waals surface area (Å²) in [4.78, 5) is 15.7. The van der Waals surface area contributed by atoms with Crippen LogP contribution in [0.3, 0.4) is 0 Å². The van der Waals surface area contributed by atoms with E-state index >= 15 is 0 Å². The number of unbranched alkanes of at least 4 members (excludes halogenated alkanes) is 1. The highest BCUT2D eigenvalue weighted by Gasteiger charge is 2.23. The zero-order valence-corrected chi connectivity index (χ0v) is 16.2. The molecule has 0 unspecified atom stereocenters. The van der Waals surface area contributed by atoms with Gasteiger partial charge in [-0.05, 0) is 25.7 Å². The topological polar surface area (TPSA) is 45.8 Å². The monoisotopic (exact) mass is 344 g/mol. The van der Waals surface area contributed by atoms with Gasteiger partial charge in [-0.15, -0.1) is 4.98 Å². The standard InChI is InChI=1S/C18H26N5S/c1-7-8-9-14(15-10-11-19-18(21-15)24-6)16-13(2)20-12-23(5)17(16)22(3)4/h9-12H,7-8H2,1-6H3/q+1. The number of thioether (sulfide) groups is 1. The van der Waals surface area contributed by atoms with Crippen molar-refractivity contribution in [1.82, 2.24) is 15.0 Å². The van der Waals surface area contributed by atoms with E-state index in [0.29, 0.717) is 0 Å². The number of aromatic nitrogens is 4. The highest BCUT2D eigenvalue weighted by atomic mass is 32.2. The van der Waals surface area contributed by atoms with Crippen LogP contribution >= 0.6 is 11.8 Å². The maximum Gasteiger partial charge on any atom is 0.234 e. The van der Waals surface area contributed by atoms with E-state index in [0.717, 1.165) is 46.3 Å². The third-order valence-electron chi connectivity index (χ3n) is 3.77. The predicted octanol–water partition coefficient (Wildman–Crippen LogP) is 3.02. The van der Waals surface area contributed by atoms with Crippen LogP contribution in [0.4, 0.5) is 5.82 Å². The Morgan fingerprint density at radius 2 is 2.08 bits per heavy atom. The molecule has 0 amide bonds. The first-order chi connectivity index (χ1) is 11.5. The smallest absolute Gasteiger partial charge is 0.234 e.